The summed E-state index contributed by atoms with van der Waals surface area (Å²) < 4.78 is 36.0. The molecule has 1 N–H and O–H groups in total. The zero-order valence-corrected chi connectivity index (χ0v) is 18.7. The van der Waals surface area contributed by atoms with E-state index in [4.69, 9.17) is 21.7 Å². The fourth-order valence-electron chi connectivity index (χ4n) is 2.50. The standard InChI is InChI=1S/C21H25NO5S2/c1-14(22-20(23)27-21(2,3)4)19(28)15-9-11-17(12-10-15)29(24,25)18-8-6-7-16(13-18)26-5/h6-14H,1-5H3,(H,22,23)/t14-/m0/s1. The molecule has 2 aromatic rings. The summed E-state index contributed by atoms with van der Waals surface area (Å²) in [7, 11) is -2.21. The molecular weight excluding hydrogens is 410 g/mol. The average molecular weight is 436 g/mol. The van der Waals surface area contributed by atoms with Crippen molar-refractivity contribution in [3.63, 3.8) is 0 Å². The number of hydrogen-bond acceptors (Lipinski definition) is 6. The Morgan fingerprint density at radius 3 is 2.24 bits per heavy atom. The minimum atomic E-state index is -3.69. The molecule has 0 bridgehead atoms. The minimum Gasteiger partial charge on any atom is -0.497 e. The van der Waals surface area contributed by atoms with Crippen molar-refractivity contribution in [1.82, 2.24) is 5.32 Å². The highest BCUT2D eigenvalue weighted by Crippen LogP contribution is 2.24. The maximum atomic E-state index is 12.8. The van der Waals surface area contributed by atoms with Crippen LogP contribution in [0, 0.1) is 0 Å². The third-order valence-electron chi connectivity index (χ3n) is 3.93. The monoisotopic (exact) mass is 435 g/mol. The molecule has 2 rings (SSSR count). The molecule has 156 valence electrons. The summed E-state index contributed by atoms with van der Waals surface area (Å²) in [5, 5.41) is 2.68. The first-order valence-electron chi connectivity index (χ1n) is 8.97. The van der Waals surface area contributed by atoms with E-state index in [0.29, 0.717) is 16.2 Å². The van der Waals surface area contributed by atoms with Crippen LogP contribution < -0.4 is 10.1 Å². The fraction of sp³-hybridized carbons (Fsp3) is 0.333. The molecule has 29 heavy (non-hydrogen) atoms. The second kappa shape index (κ2) is 8.92. The molecule has 0 heterocycles. The van der Waals surface area contributed by atoms with Crippen molar-refractivity contribution in [2.24, 2.45) is 0 Å². The lowest BCUT2D eigenvalue weighted by atomic mass is 10.1. The van der Waals surface area contributed by atoms with Crippen molar-refractivity contribution in [3.8, 4) is 5.75 Å². The zero-order chi connectivity index (χ0) is 21.8. The lowest BCUT2D eigenvalue weighted by Gasteiger charge is -2.22. The van der Waals surface area contributed by atoms with Gasteiger partial charge in [-0.3, -0.25) is 0 Å². The molecule has 0 aliphatic rings. The minimum absolute atomic E-state index is 0.144. The summed E-state index contributed by atoms with van der Waals surface area (Å²) in [4.78, 5) is 12.7. The first-order valence-corrected chi connectivity index (χ1v) is 10.9. The molecule has 1 amide bonds. The summed E-state index contributed by atoms with van der Waals surface area (Å²) in [6, 6.07) is 12.1. The van der Waals surface area contributed by atoms with E-state index in [0.717, 1.165) is 0 Å². The highest BCUT2D eigenvalue weighted by Gasteiger charge is 2.21. The van der Waals surface area contributed by atoms with Crippen molar-refractivity contribution in [1.29, 1.82) is 0 Å². The Balaban J connectivity index is 2.16. The molecule has 0 aromatic heterocycles. The lowest BCUT2D eigenvalue weighted by Crippen LogP contribution is -2.41. The predicted octanol–water partition coefficient (Wildman–Crippen LogP) is 4.16. The maximum Gasteiger partial charge on any atom is 0.408 e. The van der Waals surface area contributed by atoms with Crippen molar-refractivity contribution < 1.29 is 22.7 Å². The van der Waals surface area contributed by atoms with E-state index in [-0.39, 0.29) is 9.79 Å². The Morgan fingerprint density at radius 2 is 1.69 bits per heavy atom. The number of alkyl carbamates (subject to hydrolysis) is 1. The van der Waals surface area contributed by atoms with Gasteiger partial charge in [0.05, 0.1) is 22.9 Å². The highest BCUT2D eigenvalue weighted by molar-refractivity contribution is 7.91. The van der Waals surface area contributed by atoms with Crippen molar-refractivity contribution >= 4 is 33.0 Å². The molecule has 0 fully saturated rings. The Kier molecular flexibility index (Phi) is 7.02. The quantitative estimate of drug-likeness (QED) is 0.542. The molecule has 0 aliphatic carbocycles. The van der Waals surface area contributed by atoms with Crippen LogP contribution >= 0.6 is 12.2 Å². The molecule has 8 heteroatoms. The first-order chi connectivity index (χ1) is 13.4. The second-order valence-corrected chi connectivity index (χ2v) is 9.83. The van der Waals surface area contributed by atoms with Gasteiger partial charge < -0.3 is 14.8 Å². The Labute approximate surface area is 177 Å². The number of hydrogen-bond donors (Lipinski definition) is 1. The molecule has 0 spiro atoms. The van der Waals surface area contributed by atoms with Gasteiger partial charge in [0.2, 0.25) is 9.84 Å². The van der Waals surface area contributed by atoms with Crippen LogP contribution in [0.3, 0.4) is 0 Å². The average Bonchev–Trinajstić information content (AvgIpc) is 2.66. The predicted molar refractivity (Wildman–Crippen MR) is 115 cm³/mol. The number of carbonyl (C=O) groups excluding carboxylic acids is 1. The van der Waals surface area contributed by atoms with Gasteiger partial charge in [-0.15, -0.1) is 0 Å². The normalized spacial score (nSPS) is 12.7. The summed E-state index contributed by atoms with van der Waals surface area (Å²) in [6.07, 6.45) is -0.565. The van der Waals surface area contributed by atoms with Gasteiger partial charge >= 0.3 is 6.09 Å². The zero-order valence-electron chi connectivity index (χ0n) is 17.1. The first kappa shape index (κ1) is 22.8. The van der Waals surface area contributed by atoms with Gasteiger partial charge in [0, 0.05) is 4.86 Å². The third-order valence-corrected chi connectivity index (χ3v) is 6.28. The van der Waals surface area contributed by atoms with Crippen molar-refractivity contribution in [3.05, 3.63) is 54.1 Å². The SMILES string of the molecule is COc1cccc(S(=O)(=O)c2ccc(C(=S)[C@H](C)NC(=O)OC(C)(C)C)cc2)c1. The van der Waals surface area contributed by atoms with Crippen molar-refractivity contribution in [2.75, 3.05) is 7.11 Å². The Hall–Kier alpha value is -2.45. The van der Waals surface area contributed by atoms with Gasteiger partial charge in [-0.1, -0.05) is 30.4 Å². The number of sulfone groups is 1. The number of ether oxygens (including phenoxy) is 2. The molecule has 0 saturated heterocycles. The Morgan fingerprint density at radius 1 is 1.07 bits per heavy atom. The van der Waals surface area contributed by atoms with E-state index < -0.39 is 27.6 Å². The van der Waals surface area contributed by atoms with E-state index in [2.05, 4.69) is 5.32 Å². The van der Waals surface area contributed by atoms with E-state index in [1.807, 2.05) is 0 Å². The molecular formula is C21H25NO5S2. The number of thiocarbonyl (C=S) groups is 1. The van der Waals surface area contributed by atoms with E-state index in [9.17, 15) is 13.2 Å². The summed E-state index contributed by atoms with van der Waals surface area (Å²) in [5.74, 6) is 0.464. The van der Waals surface area contributed by atoms with E-state index >= 15 is 0 Å². The number of methoxy groups -OCH3 is 1. The van der Waals surface area contributed by atoms with Crippen LogP contribution in [-0.4, -0.2) is 38.1 Å². The number of carbonyl (C=O) groups is 1. The van der Waals surface area contributed by atoms with Crippen LogP contribution in [0.15, 0.2) is 58.3 Å². The van der Waals surface area contributed by atoms with Crippen LogP contribution in [0.4, 0.5) is 4.79 Å². The van der Waals surface area contributed by atoms with Gasteiger partial charge in [-0.25, -0.2) is 13.2 Å². The molecule has 6 nitrogen and oxygen atoms in total. The lowest BCUT2D eigenvalue weighted by molar-refractivity contribution is 0.0522. The molecule has 1 atom stereocenters. The number of benzene rings is 2. The number of nitrogens with one attached hydrogen (secondary N) is 1. The molecule has 0 aliphatic heterocycles. The second-order valence-electron chi connectivity index (χ2n) is 7.44. The van der Waals surface area contributed by atoms with Crippen LogP contribution in [0.25, 0.3) is 0 Å². The molecule has 0 unspecified atom stereocenters. The van der Waals surface area contributed by atoms with Gasteiger partial charge in [0.15, 0.2) is 0 Å². The fourth-order valence-corrected chi connectivity index (χ4v) is 3.99. The molecule has 0 radical (unpaired) electrons. The summed E-state index contributed by atoms with van der Waals surface area (Å²) >= 11 is 5.43. The number of amides is 1. The number of rotatable bonds is 6. The van der Waals surface area contributed by atoms with E-state index in [1.165, 1.54) is 31.4 Å². The summed E-state index contributed by atoms with van der Waals surface area (Å²) in [5.41, 5.74) is 0.0369. The topological polar surface area (TPSA) is 81.7 Å². The highest BCUT2D eigenvalue weighted by atomic mass is 32.2. The molecule has 2 aromatic carbocycles. The Bertz CT molecular complexity index is 992. The third kappa shape index (κ3) is 6.01. The van der Waals surface area contributed by atoms with Crippen LogP contribution in [0.5, 0.6) is 5.75 Å². The van der Waals surface area contributed by atoms with Gasteiger partial charge in [0.1, 0.15) is 11.4 Å². The largest absolute Gasteiger partial charge is 0.497 e. The van der Waals surface area contributed by atoms with Gasteiger partial charge in [-0.05, 0) is 63.6 Å². The van der Waals surface area contributed by atoms with Crippen LogP contribution in [-0.2, 0) is 14.6 Å². The molecule has 0 saturated carbocycles. The smallest absolute Gasteiger partial charge is 0.408 e. The maximum absolute atomic E-state index is 12.8. The van der Waals surface area contributed by atoms with Crippen LogP contribution in [0.2, 0.25) is 0 Å². The summed E-state index contributed by atoms with van der Waals surface area (Å²) in [6.45, 7) is 7.07. The van der Waals surface area contributed by atoms with Crippen molar-refractivity contribution in [2.45, 2.75) is 49.1 Å². The van der Waals surface area contributed by atoms with E-state index in [1.54, 1.807) is 52.0 Å². The van der Waals surface area contributed by atoms with Gasteiger partial charge in [-0.2, -0.15) is 0 Å². The van der Waals surface area contributed by atoms with Gasteiger partial charge in [0.25, 0.3) is 0 Å². The van der Waals surface area contributed by atoms with Crippen LogP contribution in [0.1, 0.15) is 33.3 Å².